The summed E-state index contributed by atoms with van der Waals surface area (Å²) < 4.78 is 0. The minimum Gasteiger partial charge on any atom is -0.308 e. The van der Waals surface area contributed by atoms with Crippen LogP contribution >= 0.6 is 11.6 Å². The molecule has 1 aliphatic heterocycles. The van der Waals surface area contributed by atoms with Crippen LogP contribution in [0.25, 0.3) is 0 Å². The summed E-state index contributed by atoms with van der Waals surface area (Å²) in [5.74, 6) is 0.656. The summed E-state index contributed by atoms with van der Waals surface area (Å²) in [5.41, 5.74) is 3.36. The minimum atomic E-state index is 0.122. The third-order valence-electron chi connectivity index (χ3n) is 5.79. The average molecular weight is 306 g/mol. The Labute approximate surface area is 134 Å². The fraction of sp³-hybridized carbons (Fsp3) is 0.684. The van der Waals surface area contributed by atoms with Crippen LogP contribution in [0.5, 0.6) is 0 Å². The second-order valence-electron chi connectivity index (χ2n) is 8.04. The van der Waals surface area contributed by atoms with E-state index in [-0.39, 0.29) is 5.54 Å². The highest BCUT2D eigenvalue weighted by Gasteiger charge is 2.32. The van der Waals surface area contributed by atoms with Crippen LogP contribution in [0.4, 0.5) is 0 Å². The number of halogens is 1. The first-order valence-corrected chi connectivity index (χ1v) is 8.82. The van der Waals surface area contributed by atoms with Crippen molar-refractivity contribution in [3.8, 4) is 0 Å². The molecule has 1 N–H and O–H groups in total. The smallest absolute Gasteiger partial charge is 0.0444 e. The standard InChI is InChI=1S/C19H28ClN/c1-18(2)10-7-14(8-11-18)16-6-5-15(13-17(16)20)19(3)9-4-12-21-19/h5-6,13-14,21H,4,7-12H2,1-3H3. The Bertz CT molecular complexity index is 504. The van der Waals surface area contributed by atoms with E-state index in [4.69, 9.17) is 11.6 Å². The number of rotatable bonds is 2. The highest BCUT2D eigenvalue weighted by Crippen LogP contribution is 2.44. The number of hydrogen-bond acceptors (Lipinski definition) is 1. The molecule has 0 radical (unpaired) electrons. The highest BCUT2D eigenvalue weighted by molar-refractivity contribution is 6.31. The van der Waals surface area contributed by atoms with Gasteiger partial charge in [-0.3, -0.25) is 0 Å². The maximum Gasteiger partial charge on any atom is 0.0444 e. The van der Waals surface area contributed by atoms with Crippen molar-refractivity contribution in [2.24, 2.45) is 5.41 Å². The SMILES string of the molecule is CC1(C)CCC(c2ccc(C3(C)CCCN3)cc2Cl)CC1. The largest absolute Gasteiger partial charge is 0.308 e. The molecule has 3 rings (SSSR count). The molecule has 0 amide bonds. The maximum atomic E-state index is 6.65. The van der Waals surface area contributed by atoms with Gasteiger partial charge in [-0.2, -0.15) is 0 Å². The van der Waals surface area contributed by atoms with E-state index < -0.39 is 0 Å². The van der Waals surface area contributed by atoms with E-state index in [1.807, 2.05) is 0 Å². The van der Waals surface area contributed by atoms with Gasteiger partial charge < -0.3 is 5.32 Å². The Morgan fingerprint density at radius 3 is 2.38 bits per heavy atom. The molecule has 1 saturated carbocycles. The summed E-state index contributed by atoms with van der Waals surface area (Å²) >= 11 is 6.65. The zero-order valence-corrected chi connectivity index (χ0v) is 14.4. The lowest BCUT2D eigenvalue weighted by molar-refractivity contribution is 0.224. The van der Waals surface area contributed by atoms with E-state index in [2.05, 4.69) is 44.3 Å². The molecule has 1 heterocycles. The Kier molecular flexibility index (Phi) is 4.09. The lowest BCUT2D eigenvalue weighted by Gasteiger charge is -2.35. The fourth-order valence-corrected chi connectivity index (χ4v) is 4.39. The second kappa shape index (κ2) is 5.59. The molecule has 0 spiro atoms. The molecule has 1 aromatic carbocycles. The molecule has 1 atom stereocenters. The van der Waals surface area contributed by atoms with Crippen LogP contribution < -0.4 is 5.32 Å². The first-order valence-electron chi connectivity index (χ1n) is 8.45. The van der Waals surface area contributed by atoms with Gasteiger partial charge in [0.05, 0.1) is 0 Å². The Balaban J connectivity index is 1.79. The van der Waals surface area contributed by atoms with Crippen LogP contribution in [-0.4, -0.2) is 6.54 Å². The van der Waals surface area contributed by atoms with Crippen LogP contribution in [0, 0.1) is 5.41 Å². The average Bonchev–Trinajstić information content (AvgIpc) is 2.87. The molecule has 1 unspecified atom stereocenters. The normalized spacial score (nSPS) is 29.7. The van der Waals surface area contributed by atoms with Crippen molar-refractivity contribution in [3.63, 3.8) is 0 Å². The minimum absolute atomic E-state index is 0.122. The zero-order chi connectivity index (χ0) is 15.1. The Hall–Kier alpha value is -0.530. The summed E-state index contributed by atoms with van der Waals surface area (Å²) in [6, 6.07) is 6.82. The molecule has 116 valence electrons. The van der Waals surface area contributed by atoms with Gasteiger partial charge in [0.1, 0.15) is 0 Å². The highest BCUT2D eigenvalue weighted by atomic mass is 35.5. The van der Waals surface area contributed by atoms with Crippen molar-refractivity contribution in [1.29, 1.82) is 0 Å². The van der Waals surface area contributed by atoms with Gasteiger partial charge >= 0.3 is 0 Å². The van der Waals surface area contributed by atoms with E-state index in [1.54, 1.807) is 0 Å². The molecule has 1 nitrogen and oxygen atoms in total. The van der Waals surface area contributed by atoms with Gasteiger partial charge in [0.25, 0.3) is 0 Å². The van der Waals surface area contributed by atoms with Gasteiger partial charge in [0.2, 0.25) is 0 Å². The van der Waals surface area contributed by atoms with Crippen LogP contribution in [0.3, 0.4) is 0 Å². The molecular formula is C19H28ClN. The predicted molar refractivity (Wildman–Crippen MR) is 91.0 cm³/mol. The van der Waals surface area contributed by atoms with E-state index >= 15 is 0 Å². The van der Waals surface area contributed by atoms with Crippen LogP contribution in [0.1, 0.15) is 76.3 Å². The lowest BCUT2D eigenvalue weighted by atomic mass is 9.71. The molecule has 1 saturated heterocycles. The van der Waals surface area contributed by atoms with Gasteiger partial charge in [-0.1, -0.05) is 37.6 Å². The van der Waals surface area contributed by atoms with Gasteiger partial charge in [0, 0.05) is 10.6 Å². The molecule has 1 aromatic rings. The van der Waals surface area contributed by atoms with Crippen molar-refractivity contribution in [2.75, 3.05) is 6.54 Å². The van der Waals surface area contributed by atoms with E-state index in [0.29, 0.717) is 11.3 Å². The topological polar surface area (TPSA) is 12.0 Å². The van der Waals surface area contributed by atoms with Crippen molar-refractivity contribution in [2.45, 2.75) is 70.8 Å². The molecule has 0 bridgehead atoms. The van der Waals surface area contributed by atoms with Gasteiger partial charge in [-0.25, -0.2) is 0 Å². The van der Waals surface area contributed by atoms with Gasteiger partial charge in [-0.05, 0) is 80.5 Å². The Morgan fingerprint density at radius 1 is 1.10 bits per heavy atom. The van der Waals surface area contributed by atoms with Gasteiger partial charge in [-0.15, -0.1) is 0 Å². The van der Waals surface area contributed by atoms with Crippen LogP contribution in [-0.2, 0) is 5.54 Å². The van der Waals surface area contributed by atoms with Crippen molar-refractivity contribution in [1.82, 2.24) is 5.32 Å². The summed E-state index contributed by atoms with van der Waals surface area (Å²) in [7, 11) is 0. The van der Waals surface area contributed by atoms with E-state index in [1.165, 1.54) is 49.7 Å². The monoisotopic (exact) mass is 305 g/mol. The predicted octanol–water partition coefficient (Wildman–Crippen LogP) is 5.62. The molecule has 2 aliphatic rings. The third-order valence-corrected chi connectivity index (χ3v) is 6.11. The van der Waals surface area contributed by atoms with Crippen LogP contribution in [0.15, 0.2) is 18.2 Å². The van der Waals surface area contributed by atoms with E-state index in [9.17, 15) is 0 Å². The fourth-order valence-electron chi connectivity index (χ4n) is 4.05. The molecule has 1 aliphatic carbocycles. The van der Waals surface area contributed by atoms with Crippen molar-refractivity contribution < 1.29 is 0 Å². The third kappa shape index (κ3) is 3.14. The van der Waals surface area contributed by atoms with Gasteiger partial charge in [0.15, 0.2) is 0 Å². The summed E-state index contributed by atoms with van der Waals surface area (Å²) in [5, 5.41) is 4.61. The molecular weight excluding hydrogens is 278 g/mol. The molecule has 21 heavy (non-hydrogen) atoms. The van der Waals surface area contributed by atoms with E-state index in [0.717, 1.165) is 11.6 Å². The number of hydrogen-bond donors (Lipinski definition) is 1. The summed E-state index contributed by atoms with van der Waals surface area (Å²) in [6.45, 7) is 8.20. The number of benzene rings is 1. The zero-order valence-electron chi connectivity index (χ0n) is 13.6. The quantitative estimate of drug-likeness (QED) is 0.747. The van der Waals surface area contributed by atoms with Crippen LogP contribution in [0.2, 0.25) is 5.02 Å². The number of nitrogens with one attached hydrogen (secondary N) is 1. The molecule has 0 aromatic heterocycles. The maximum absolute atomic E-state index is 6.65. The Morgan fingerprint density at radius 2 is 1.81 bits per heavy atom. The first kappa shape index (κ1) is 15.4. The lowest BCUT2D eigenvalue weighted by Crippen LogP contribution is -2.33. The summed E-state index contributed by atoms with van der Waals surface area (Å²) in [6.07, 6.45) is 7.65. The summed E-state index contributed by atoms with van der Waals surface area (Å²) in [4.78, 5) is 0. The second-order valence-corrected chi connectivity index (χ2v) is 8.44. The van der Waals surface area contributed by atoms with Crippen molar-refractivity contribution in [3.05, 3.63) is 34.3 Å². The first-order chi connectivity index (χ1) is 9.90. The van der Waals surface area contributed by atoms with Crippen molar-refractivity contribution >= 4 is 11.6 Å². The molecule has 2 heteroatoms. The molecule has 2 fully saturated rings.